The summed E-state index contributed by atoms with van der Waals surface area (Å²) < 4.78 is 1.84. The highest BCUT2D eigenvalue weighted by Gasteiger charge is 2.16. The maximum absolute atomic E-state index is 10.3. The molecule has 0 atom stereocenters. The van der Waals surface area contributed by atoms with E-state index < -0.39 is 5.97 Å². The molecular weight excluding hydrogens is 190 g/mol. The van der Waals surface area contributed by atoms with E-state index in [0.29, 0.717) is 12.2 Å². The van der Waals surface area contributed by atoms with Crippen LogP contribution in [0.4, 0.5) is 0 Å². The number of aliphatic carboxylic acids is 1. The predicted molar refractivity (Wildman–Crippen MR) is 46.7 cm³/mol. The molecule has 0 aromatic carbocycles. The second kappa shape index (κ2) is 3.37. The van der Waals surface area contributed by atoms with Crippen molar-refractivity contribution in [2.45, 2.75) is 24.5 Å². The van der Waals surface area contributed by atoms with Gasteiger partial charge < -0.3 is 5.11 Å². The van der Waals surface area contributed by atoms with Crippen LogP contribution in [0.3, 0.4) is 0 Å². The summed E-state index contributed by atoms with van der Waals surface area (Å²) in [6.07, 6.45) is 0.532. The third kappa shape index (κ3) is 1.82. The summed E-state index contributed by atoms with van der Waals surface area (Å²) in [5, 5.41) is 13.6. The van der Waals surface area contributed by atoms with Crippen molar-refractivity contribution in [3.8, 4) is 0 Å². The number of hydrogen-bond acceptors (Lipinski definition) is 4. The van der Waals surface area contributed by atoms with Crippen LogP contribution in [0.2, 0.25) is 0 Å². The number of fused-ring (bicyclic) bond motifs is 1. The van der Waals surface area contributed by atoms with Crippen LogP contribution in [-0.2, 0) is 17.8 Å². The summed E-state index contributed by atoms with van der Waals surface area (Å²) in [4.78, 5) is 14.5. The Balaban J connectivity index is 2.02. The van der Waals surface area contributed by atoms with Crippen LogP contribution in [0.15, 0.2) is 5.16 Å². The molecular formula is C7H9N3O2S. The summed E-state index contributed by atoms with van der Waals surface area (Å²) in [6.45, 7) is 0.889. The second-order valence-corrected chi connectivity index (χ2v) is 3.84. The number of carbonyl (C=O) groups is 1. The van der Waals surface area contributed by atoms with E-state index in [9.17, 15) is 4.79 Å². The van der Waals surface area contributed by atoms with Crippen LogP contribution in [-0.4, -0.2) is 31.6 Å². The monoisotopic (exact) mass is 199 g/mol. The van der Waals surface area contributed by atoms with Crippen molar-refractivity contribution in [2.75, 3.05) is 5.75 Å². The van der Waals surface area contributed by atoms with Gasteiger partial charge in [-0.05, 0) is 0 Å². The van der Waals surface area contributed by atoms with Gasteiger partial charge in [-0.2, -0.15) is 5.10 Å². The topological polar surface area (TPSA) is 68.0 Å². The van der Waals surface area contributed by atoms with E-state index in [1.165, 1.54) is 0 Å². The number of rotatable bonds is 3. The third-order valence-electron chi connectivity index (χ3n) is 1.78. The Morgan fingerprint density at radius 2 is 2.54 bits per heavy atom. The Morgan fingerprint density at radius 1 is 1.69 bits per heavy atom. The van der Waals surface area contributed by atoms with Crippen molar-refractivity contribution in [2.24, 2.45) is 0 Å². The molecule has 1 N–H and O–H groups in total. The Labute approximate surface area is 79.2 Å². The molecule has 2 heterocycles. The molecule has 0 amide bonds. The Morgan fingerprint density at radius 3 is 3.23 bits per heavy atom. The Kier molecular flexibility index (Phi) is 2.22. The normalized spacial score (nSPS) is 14.5. The van der Waals surface area contributed by atoms with E-state index in [0.717, 1.165) is 17.5 Å². The molecule has 0 spiro atoms. The van der Waals surface area contributed by atoms with Crippen molar-refractivity contribution < 1.29 is 9.90 Å². The molecule has 6 heteroatoms. The van der Waals surface area contributed by atoms with Crippen LogP contribution >= 0.6 is 11.8 Å². The molecule has 0 aliphatic carbocycles. The van der Waals surface area contributed by atoms with Crippen LogP contribution in [0, 0.1) is 0 Å². The fraction of sp³-hybridized carbons (Fsp3) is 0.571. The van der Waals surface area contributed by atoms with Gasteiger partial charge in [0.25, 0.3) is 0 Å². The third-order valence-corrected chi connectivity index (χ3v) is 2.73. The number of nitrogens with zero attached hydrogens (tertiary/aromatic N) is 3. The lowest BCUT2D eigenvalue weighted by atomic mass is 10.3. The van der Waals surface area contributed by atoms with Gasteiger partial charge in [0, 0.05) is 12.2 Å². The van der Waals surface area contributed by atoms with E-state index >= 15 is 0 Å². The first-order valence-electron chi connectivity index (χ1n) is 4.04. The SMILES string of the molecule is O=C(O)CCc1nc2n(n1)CCS2. The van der Waals surface area contributed by atoms with Gasteiger partial charge in [0.15, 0.2) is 11.0 Å². The molecule has 2 rings (SSSR count). The van der Waals surface area contributed by atoms with Gasteiger partial charge in [-0.1, -0.05) is 11.8 Å². The first kappa shape index (κ1) is 8.55. The zero-order valence-corrected chi connectivity index (χ0v) is 7.75. The molecule has 1 aromatic rings. The zero-order chi connectivity index (χ0) is 9.26. The van der Waals surface area contributed by atoms with Crippen LogP contribution in [0.5, 0.6) is 0 Å². The standard InChI is InChI=1S/C7H9N3O2S/c11-6(12)2-1-5-8-7-10(9-5)3-4-13-7/h1-4H2,(H,11,12). The van der Waals surface area contributed by atoms with Gasteiger partial charge in [0.1, 0.15) is 0 Å². The summed E-state index contributed by atoms with van der Waals surface area (Å²) in [5.74, 6) is 0.862. The Hall–Kier alpha value is -1.04. The first-order chi connectivity index (χ1) is 6.25. The van der Waals surface area contributed by atoms with Crippen molar-refractivity contribution in [3.63, 3.8) is 0 Å². The minimum Gasteiger partial charge on any atom is -0.481 e. The highest BCUT2D eigenvalue weighted by molar-refractivity contribution is 7.99. The largest absolute Gasteiger partial charge is 0.481 e. The van der Waals surface area contributed by atoms with Gasteiger partial charge in [-0.15, -0.1) is 0 Å². The van der Waals surface area contributed by atoms with E-state index in [2.05, 4.69) is 10.1 Å². The molecule has 0 saturated heterocycles. The molecule has 13 heavy (non-hydrogen) atoms. The van der Waals surface area contributed by atoms with Crippen molar-refractivity contribution >= 4 is 17.7 Å². The lowest BCUT2D eigenvalue weighted by Crippen LogP contribution is -2.01. The number of aromatic nitrogens is 3. The van der Waals surface area contributed by atoms with Crippen LogP contribution in [0.1, 0.15) is 12.2 Å². The molecule has 0 radical (unpaired) electrons. The highest BCUT2D eigenvalue weighted by atomic mass is 32.2. The van der Waals surface area contributed by atoms with Crippen LogP contribution in [0.25, 0.3) is 0 Å². The lowest BCUT2D eigenvalue weighted by molar-refractivity contribution is -0.137. The molecule has 1 aliphatic heterocycles. The molecule has 0 bridgehead atoms. The molecule has 1 aliphatic rings. The second-order valence-electron chi connectivity index (χ2n) is 2.78. The zero-order valence-electron chi connectivity index (χ0n) is 6.93. The summed E-state index contributed by atoms with van der Waals surface area (Å²) in [7, 11) is 0. The summed E-state index contributed by atoms with van der Waals surface area (Å²) in [6, 6.07) is 0. The number of hydrogen-bond donors (Lipinski definition) is 1. The van der Waals surface area contributed by atoms with Gasteiger partial charge in [-0.3, -0.25) is 4.79 Å². The number of carboxylic acids is 1. The van der Waals surface area contributed by atoms with Gasteiger partial charge in [-0.25, -0.2) is 9.67 Å². The van der Waals surface area contributed by atoms with E-state index in [1.807, 2.05) is 4.68 Å². The maximum Gasteiger partial charge on any atom is 0.303 e. The Bertz CT molecular complexity index is 315. The molecule has 0 unspecified atom stereocenters. The number of aryl methyl sites for hydroxylation is 2. The summed E-state index contributed by atoms with van der Waals surface area (Å²) in [5.41, 5.74) is 0. The molecule has 70 valence electrons. The van der Waals surface area contributed by atoms with Crippen molar-refractivity contribution in [3.05, 3.63) is 5.82 Å². The van der Waals surface area contributed by atoms with Crippen LogP contribution < -0.4 is 0 Å². The fourth-order valence-corrected chi connectivity index (χ4v) is 2.07. The first-order valence-corrected chi connectivity index (χ1v) is 5.02. The lowest BCUT2D eigenvalue weighted by Gasteiger charge is -1.90. The molecule has 0 saturated carbocycles. The number of carboxylic acid groups (broad SMARTS) is 1. The van der Waals surface area contributed by atoms with Gasteiger partial charge >= 0.3 is 5.97 Å². The van der Waals surface area contributed by atoms with Crippen molar-refractivity contribution in [1.82, 2.24) is 14.8 Å². The predicted octanol–water partition coefficient (Wildman–Crippen LogP) is 0.401. The van der Waals surface area contributed by atoms with Gasteiger partial charge in [0.2, 0.25) is 0 Å². The quantitative estimate of drug-likeness (QED) is 0.763. The average molecular weight is 199 g/mol. The maximum atomic E-state index is 10.3. The molecule has 0 fully saturated rings. The molecule has 1 aromatic heterocycles. The van der Waals surface area contributed by atoms with Crippen molar-refractivity contribution in [1.29, 1.82) is 0 Å². The summed E-state index contributed by atoms with van der Waals surface area (Å²) >= 11 is 1.66. The smallest absolute Gasteiger partial charge is 0.303 e. The highest BCUT2D eigenvalue weighted by Crippen LogP contribution is 2.22. The van der Waals surface area contributed by atoms with Gasteiger partial charge in [0.05, 0.1) is 13.0 Å². The van der Waals surface area contributed by atoms with E-state index in [-0.39, 0.29) is 6.42 Å². The minimum absolute atomic E-state index is 0.105. The fourth-order valence-electron chi connectivity index (χ4n) is 1.17. The average Bonchev–Trinajstić information content (AvgIpc) is 2.58. The number of thioether (sulfide) groups is 1. The minimum atomic E-state index is -0.803. The van der Waals surface area contributed by atoms with E-state index in [4.69, 9.17) is 5.11 Å². The van der Waals surface area contributed by atoms with E-state index in [1.54, 1.807) is 11.8 Å². The molecule has 5 nitrogen and oxygen atoms in total.